The maximum Gasteiger partial charge on any atom is 0.321 e. The summed E-state index contributed by atoms with van der Waals surface area (Å²) in [6.45, 7) is 6.17. The van der Waals surface area contributed by atoms with Gasteiger partial charge in [0.1, 0.15) is 5.82 Å². The normalized spacial score (nSPS) is 16.4. The Morgan fingerprint density at radius 2 is 2.08 bits per heavy atom. The molecule has 8 heteroatoms. The van der Waals surface area contributed by atoms with Gasteiger partial charge in [-0.15, -0.1) is 16.8 Å². The molecule has 0 saturated heterocycles. The standard InChI is InChI=1S/C16H25N5O2S/c1-4-10-21-13(12-8-6-5-7-9-12)19-20-16(21)24-11(2)14(22)18-15(23)17-3/h4,11-12H,1,5-10H2,2-3H3,(H2,17,18,22,23)/t11-/m1/s1. The first-order chi connectivity index (χ1) is 11.6. The Kier molecular flexibility index (Phi) is 6.84. The quantitative estimate of drug-likeness (QED) is 0.607. The van der Waals surface area contributed by atoms with E-state index in [0.29, 0.717) is 17.6 Å². The Labute approximate surface area is 146 Å². The van der Waals surface area contributed by atoms with Gasteiger partial charge in [0.25, 0.3) is 0 Å². The predicted molar refractivity (Wildman–Crippen MR) is 94.0 cm³/mol. The molecule has 1 aromatic rings. The van der Waals surface area contributed by atoms with E-state index in [1.165, 1.54) is 38.1 Å². The van der Waals surface area contributed by atoms with E-state index in [-0.39, 0.29) is 5.91 Å². The first kappa shape index (κ1) is 18.5. The number of nitrogens with one attached hydrogen (secondary N) is 2. The van der Waals surface area contributed by atoms with Gasteiger partial charge in [-0.2, -0.15) is 0 Å². The highest BCUT2D eigenvalue weighted by atomic mass is 32.2. The zero-order valence-corrected chi connectivity index (χ0v) is 15.1. The number of rotatable bonds is 6. The number of thioether (sulfide) groups is 1. The number of amides is 3. The smallest absolute Gasteiger partial charge is 0.321 e. The van der Waals surface area contributed by atoms with Crippen molar-refractivity contribution < 1.29 is 9.59 Å². The van der Waals surface area contributed by atoms with Crippen LogP contribution < -0.4 is 10.6 Å². The first-order valence-corrected chi connectivity index (χ1v) is 9.18. The van der Waals surface area contributed by atoms with E-state index in [0.717, 1.165) is 18.7 Å². The third-order valence-electron chi connectivity index (χ3n) is 4.14. The molecular weight excluding hydrogens is 326 g/mol. The maximum absolute atomic E-state index is 12.0. The lowest BCUT2D eigenvalue weighted by molar-refractivity contribution is -0.119. The van der Waals surface area contributed by atoms with Crippen molar-refractivity contribution in [1.29, 1.82) is 0 Å². The van der Waals surface area contributed by atoms with E-state index in [2.05, 4.69) is 27.4 Å². The lowest BCUT2D eigenvalue weighted by Crippen LogP contribution is -2.41. The lowest BCUT2D eigenvalue weighted by atomic mass is 9.89. The minimum atomic E-state index is -0.511. The molecule has 132 valence electrons. The second kappa shape index (κ2) is 8.86. The van der Waals surface area contributed by atoms with Crippen molar-refractivity contribution >= 4 is 23.7 Å². The van der Waals surface area contributed by atoms with E-state index < -0.39 is 11.3 Å². The molecule has 0 bridgehead atoms. The van der Waals surface area contributed by atoms with Crippen LogP contribution >= 0.6 is 11.8 Å². The summed E-state index contributed by atoms with van der Waals surface area (Å²) in [6, 6.07) is -0.511. The number of carbonyl (C=O) groups is 2. The molecular formula is C16H25N5O2S. The number of aromatic nitrogens is 3. The van der Waals surface area contributed by atoms with Crippen molar-refractivity contribution in [3.05, 3.63) is 18.5 Å². The average molecular weight is 351 g/mol. The molecule has 0 aromatic carbocycles. The van der Waals surface area contributed by atoms with E-state index in [9.17, 15) is 9.59 Å². The van der Waals surface area contributed by atoms with Crippen molar-refractivity contribution in [3.63, 3.8) is 0 Å². The summed E-state index contributed by atoms with van der Waals surface area (Å²) < 4.78 is 2.04. The van der Waals surface area contributed by atoms with Gasteiger partial charge in [0.15, 0.2) is 5.16 Å². The number of allylic oxidation sites excluding steroid dienone is 1. The Morgan fingerprint density at radius 3 is 2.71 bits per heavy atom. The molecule has 0 unspecified atom stereocenters. The minimum Gasteiger partial charge on any atom is -0.341 e. The molecule has 2 N–H and O–H groups in total. The highest BCUT2D eigenvalue weighted by Gasteiger charge is 2.25. The summed E-state index contributed by atoms with van der Waals surface area (Å²) >= 11 is 1.31. The third-order valence-corrected chi connectivity index (χ3v) is 5.22. The van der Waals surface area contributed by atoms with E-state index in [4.69, 9.17) is 0 Å². The summed E-state index contributed by atoms with van der Waals surface area (Å²) in [5.41, 5.74) is 0. The zero-order valence-electron chi connectivity index (χ0n) is 14.2. The van der Waals surface area contributed by atoms with Crippen LogP contribution in [0.15, 0.2) is 17.8 Å². The molecule has 7 nitrogen and oxygen atoms in total. The van der Waals surface area contributed by atoms with Crippen molar-refractivity contribution in [2.75, 3.05) is 7.05 Å². The zero-order chi connectivity index (χ0) is 17.5. The van der Waals surface area contributed by atoms with Gasteiger partial charge in [0, 0.05) is 19.5 Å². The number of urea groups is 1. The van der Waals surface area contributed by atoms with Gasteiger partial charge in [0.2, 0.25) is 5.91 Å². The fraction of sp³-hybridized carbons (Fsp3) is 0.625. The Bertz CT molecular complexity index is 595. The van der Waals surface area contributed by atoms with Crippen LogP contribution in [-0.2, 0) is 11.3 Å². The Balaban J connectivity index is 2.11. The molecule has 1 heterocycles. The second-order valence-electron chi connectivity index (χ2n) is 5.90. The molecule has 1 saturated carbocycles. The molecule has 24 heavy (non-hydrogen) atoms. The van der Waals surface area contributed by atoms with Gasteiger partial charge in [-0.3, -0.25) is 10.1 Å². The molecule has 0 spiro atoms. The molecule has 1 fully saturated rings. The lowest BCUT2D eigenvalue weighted by Gasteiger charge is -2.21. The fourth-order valence-corrected chi connectivity index (χ4v) is 3.70. The van der Waals surface area contributed by atoms with E-state index in [1.807, 2.05) is 10.6 Å². The van der Waals surface area contributed by atoms with Crippen LogP contribution in [0.1, 0.15) is 50.8 Å². The predicted octanol–water partition coefficient (Wildman–Crippen LogP) is 2.45. The average Bonchev–Trinajstić information content (AvgIpc) is 2.98. The van der Waals surface area contributed by atoms with E-state index >= 15 is 0 Å². The van der Waals surface area contributed by atoms with Crippen LogP contribution in [0.2, 0.25) is 0 Å². The number of nitrogens with zero attached hydrogens (tertiary/aromatic N) is 3. The summed E-state index contributed by atoms with van der Waals surface area (Å²) in [5.74, 6) is 1.05. The summed E-state index contributed by atoms with van der Waals surface area (Å²) in [5, 5.41) is 13.6. The van der Waals surface area contributed by atoms with Crippen molar-refractivity contribution in [3.8, 4) is 0 Å². The van der Waals surface area contributed by atoms with Crippen LogP contribution in [0.25, 0.3) is 0 Å². The molecule has 0 aliphatic heterocycles. The summed E-state index contributed by atoms with van der Waals surface area (Å²) in [7, 11) is 1.47. The van der Waals surface area contributed by atoms with Gasteiger partial charge in [0.05, 0.1) is 5.25 Å². The van der Waals surface area contributed by atoms with Gasteiger partial charge >= 0.3 is 6.03 Å². The second-order valence-corrected chi connectivity index (χ2v) is 7.21. The largest absolute Gasteiger partial charge is 0.341 e. The SMILES string of the molecule is C=CCn1c(S[C@H](C)C(=O)NC(=O)NC)nnc1C1CCCCC1. The number of hydrogen-bond donors (Lipinski definition) is 2. The van der Waals surface area contributed by atoms with Crippen molar-refractivity contribution in [2.24, 2.45) is 0 Å². The molecule has 1 atom stereocenters. The molecule has 2 rings (SSSR count). The van der Waals surface area contributed by atoms with Gasteiger partial charge in [-0.25, -0.2) is 4.79 Å². The van der Waals surface area contributed by atoms with Crippen molar-refractivity contribution in [2.45, 2.75) is 61.9 Å². The summed E-state index contributed by atoms with van der Waals surface area (Å²) in [6.07, 6.45) is 7.80. The molecule has 1 aliphatic rings. The molecule has 1 aromatic heterocycles. The van der Waals surface area contributed by atoms with Gasteiger partial charge in [-0.05, 0) is 19.8 Å². The molecule has 0 radical (unpaired) electrons. The van der Waals surface area contributed by atoms with Gasteiger partial charge in [-0.1, -0.05) is 37.1 Å². The van der Waals surface area contributed by atoms with Crippen molar-refractivity contribution in [1.82, 2.24) is 25.4 Å². The Hall–Kier alpha value is -1.83. The first-order valence-electron chi connectivity index (χ1n) is 8.30. The maximum atomic E-state index is 12.0. The van der Waals surface area contributed by atoms with Crippen LogP contribution in [0.5, 0.6) is 0 Å². The van der Waals surface area contributed by atoms with E-state index in [1.54, 1.807) is 6.92 Å². The van der Waals surface area contributed by atoms with Crippen LogP contribution in [-0.4, -0.2) is 39.0 Å². The highest BCUT2D eigenvalue weighted by molar-refractivity contribution is 8.00. The van der Waals surface area contributed by atoms with Gasteiger partial charge < -0.3 is 9.88 Å². The minimum absolute atomic E-state index is 0.355. The fourth-order valence-electron chi connectivity index (χ4n) is 2.84. The third kappa shape index (κ3) is 4.59. The molecule has 1 aliphatic carbocycles. The molecule has 3 amide bonds. The van der Waals surface area contributed by atoms with Crippen LogP contribution in [0, 0.1) is 0 Å². The Morgan fingerprint density at radius 1 is 1.38 bits per heavy atom. The van der Waals surface area contributed by atoms with Crippen LogP contribution in [0.4, 0.5) is 4.79 Å². The van der Waals surface area contributed by atoms with Crippen LogP contribution in [0.3, 0.4) is 0 Å². The monoisotopic (exact) mass is 351 g/mol. The highest BCUT2D eigenvalue weighted by Crippen LogP contribution is 2.33. The topological polar surface area (TPSA) is 88.9 Å². The number of hydrogen-bond acceptors (Lipinski definition) is 5. The number of carbonyl (C=O) groups excluding carboxylic acids is 2. The summed E-state index contributed by atoms with van der Waals surface area (Å²) in [4.78, 5) is 23.3. The number of imide groups is 1.